The molecule has 27 heavy (non-hydrogen) atoms. The fourth-order valence-corrected chi connectivity index (χ4v) is 3.82. The molecule has 0 aliphatic heterocycles. The van der Waals surface area contributed by atoms with E-state index in [-0.39, 0.29) is 12.5 Å². The summed E-state index contributed by atoms with van der Waals surface area (Å²) >= 11 is 10.6. The summed E-state index contributed by atoms with van der Waals surface area (Å²) in [5.74, 6) is -0.788. The molecule has 0 radical (unpaired) electrons. The number of thiophene rings is 1. The molecule has 0 aliphatic rings. The molecule has 1 amide bonds. The Morgan fingerprint density at radius 1 is 1.11 bits per heavy atom. The standard InChI is InChI=1S/C20H15BrClNO3S/c1-2-26-20(25)17-16(12-3-7-14(21)8-4-12)11-27-19(17)23-18(24)13-5-9-15(22)10-6-13/h3-11H,2H2,1H3,(H,23,24). The van der Waals surface area contributed by atoms with Crippen LogP contribution in [0.1, 0.15) is 27.6 Å². The Kier molecular flexibility index (Phi) is 6.31. The minimum atomic E-state index is -0.469. The molecule has 0 aliphatic carbocycles. The van der Waals surface area contributed by atoms with Gasteiger partial charge in [0, 0.05) is 26.0 Å². The Hall–Kier alpha value is -2.15. The van der Waals surface area contributed by atoms with Gasteiger partial charge in [0.15, 0.2) is 0 Å². The van der Waals surface area contributed by atoms with E-state index in [0.29, 0.717) is 21.2 Å². The van der Waals surface area contributed by atoms with Crippen LogP contribution in [0.4, 0.5) is 5.00 Å². The number of nitrogens with one attached hydrogen (secondary N) is 1. The van der Waals surface area contributed by atoms with Crippen molar-refractivity contribution in [2.75, 3.05) is 11.9 Å². The fourth-order valence-electron chi connectivity index (χ4n) is 2.47. The minimum absolute atomic E-state index is 0.249. The number of amides is 1. The summed E-state index contributed by atoms with van der Waals surface area (Å²) in [6, 6.07) is 14.1. The van der Waals surface area contributed by atoms with E-state index in [1.807, 2.05) is 29.6 Å². The van der Waals surface area contributed by atoms with Crippen LogP contribution in [-0.2, 0) is 4.74 Å². The van der Waals surface area contributed by atoms with Crippen molar-refractivity contribution in [3.8, 4) is 11.1 Å². The summed E-state index contributed by atoms with van der Waals surface area (Å²) < 4.78 is 6.15. The summed E-state index contributed by atoms with van der Waals surface area (Å²) in [6.45, 7) is 1.99. The molecule has 1 N–H and O–H groups in total. The minimum Gasteiger partial charge on any atom is -0.462 e. The zero-order valence-electron chi connectivity index (χ0n) is 14.3. The molecule has 1 heterocycles. The Labute approximate surface area is 174 Å². The Morgan fingerprint density at radius 2 is 1.78 bits per heavy atom. The summed E-state index contributed by atoms with van der Waals surface area (Å²) in [7, 11) is 0. The predicted octanol–water partition coefficient (Wildman–Crippen LogP) is 6.26. The average molecular weight is 465 g/mol. The van der Waals surface area contributed by atoms with Crippen LogP contribution in [0.3, 0.4) is 0 Å². The number of rotatable bonds is 5. The third-order valence-corrected chi connectivity index (χ3v) is 5.44. The predicted molar refractivity (Wildman–Crippen MR) is 113 cm³/mol. The number of halogens is 2. The van der Waals surface area contributed by atoms with E-state index in [2.05, 4.69) is 21.2 Å². The molecule has 3 rings (SSSR count). The highest BCUT2D eigenvalue weighted by Crippen LogP contribution is 2.37. The van der Waals surface area contributed by atoms with Crippen LogP contribution >= 0.6 is 38.9 Å². The second-order valence-corrected chi connectivity index (χ2v) is 7.77. The van der Waals surface area contributed by atoms with Crippen LogP contribution in [0.2, 0.25) is 5.02 Å². The van der Waals surface area contributed by atoms with Crippen LogP contribution in [0.25, 0.3) is 11.1 Å². The zero-order chi connectivity index (χ0) is 19.4. The Bertz CT molecular complexity index is 968. The monoisotopic (exact) mass is 463 g/mol. The first-order valence-corrected chi connectivity index (χ1v) is 10.2. The van der Waals surface area contributed by atoms with Crippen molar-refractivity contribution in [2.45, 2.75) is 6.92 Å². The third-order valence-electron chi connectivity index (χ3n) is 3.76. The summed E-state index contributed by atoms with van der Waals surface area (Å²) in [5.41, 5.74) is 2.39. The maximum atomic E-state index is 12.6. The molecule has 0 unspecified atom stereocenters. The lowest BCUT2D eigenvalue weighted by Crippen LogP contribution is -2.14. The summed E-state index contributed by atoms with van der Waals surface area (Å²) in [6.07, 6.45) is 0. The number of carbonyl (C=O) groups is 2. The largest absolute Gasteiger partial charge is 0.462 e. The summed E-state index contributed by atoms with van der Waals surface area (Å²) in [4.78, 5) is 25.1. The maximum Gasteiger partial charge on any atom is 0.341 e. The van der Waals surface area contributed by atoms with E-state index in [9.17, 15) is 9.59 Å². The number of esters is 1. The van der Waals surface area contributed by atoms with E-state index in [4.69, 9.17) is 16.3 Å². The summed E-state index contributed by atoms with van der Waals surface area (Å²) in [5, 5.41) is 5.65. The smallest absolute Gasteiger partial charge is 0.341 e. The van der Waals surface area contributed by atoms with Crippen LogP contribution in [0.15, 0.2) is 58.4 Å². The normalized spacial score (nSPS) is 10.5. The van der Waals surface area contributed by atoms with Crippen LogP contribution in [0.5, 0.6) is 0 Å². The molecule has 3 aromatic rings. The average Bonchev–Trinajstić information content (AvgIpc) is 3.06. The van der Waals surface area contributed by atoms with Crippen molar-refractivity contribution in [3.63, 3.8) is 0 Å². The number of hydrogen-bond acceptors (Lipinski definition) is 4. The first-order valence-electron chi connectivity index (χ1n) is 8.11. The molecular weight excluding hydrogens is 450 g/mol. The SMILES string of the molecule is CCOC(=O)c1c(-c2ccc(Br)cc2)csc1NC(=O)c1ccc(Cl)cc1. The van der Waals surface area contributed by atoms with Crippen LogP contribution in [-0.4, -0.2) is 18.5 Å². The number of benzene rings is 2. The van der Waals surface area contributed by atoms with Gasteiger partial charge in [-0.3, -0.25) is 4.79 Å². The lowest BCUT2D eigenvalue weighted by molar-refractivity contribution is 0.0529. The van der Waals surface area contributed by atoms with Gasteiger partial charge in [0.1, 0.15) is 10.6 Å². The molecule has 7 heteroatoms. The van der Waals surface area contributed by atoms with Crippen LogP contribution in [0, 0.1) is 0 Å². The molecule has 0 fully saturated rings. The van der Waals surface area contributed by atoms with E-state index < -0.39 is 5.97 Å². The highest BCUT2D eigenvalue weighted by molar-refractivity contribution is 9.10. The second-order valence-electron chi connectivity index (χ2n) is 5.54. The van der Waals surface area contributed by atoms with Crippen molar-refractivity contribution in [3.05, 3.63) is 74.5 Å². The number of ether oxygens (including phenoxy) is 1. The van der Waals surface area contributed by atoms with Gasteiger partial charge >= 0.3 is 5.97 Å². The molecule has 1 aromatic heterocycles. The first-order chi connectivity index (χ1) is 13.0. The molecular formula is C20H15BrClNO3S. The highest BCUT2D eigenvalue weighted by Gasteiger charge is 2.23. The zero-order valence-corrected chi connectivity index (χ0v) is 17.5. The van der Waals surface area contributed by atoms with E-state index in [1.165, 1.54) is 11.3 Å². The van der Waals surface area contributed by atoms with E-state index in [0.717, 1.165) is 15.6 Å². The lowest BCUT2D eigenvalue weighted by Gasteiger charge is -2.09. The van der Waals surface area contributed by atoms with Crippen molar-refractivity contribution >= 4 is 55.7 Å². The van der Waals surface area contributed by atoms with Crippen LogP contribution < -0.4 is 5.32 Å². The van der Waals surface area contributed by atoms with Gasteiger partial charge in [-0.15, -0.1) is 11.3 Å². The van der Waals surface area contributed by atoms with Crippen molar-refractivity contribution < 1.29 is 14.3 Å². The highest BCUT2D eigenvalue weighted by atomic mass is 79.9. The van der Waals surface area contributed by atoms with Gasteiger partial charge < -0.3 is 10.1 Å². The van der Waals surface area contributed by atoms with Crippen molar-refractivity contribution in [1.82, 2.24) is 0 Å². The van der Waals surface area contributed by atoms with Gasteiger partial charge in [-0.25, -0.2) is 4.79 Å². The number of anilines is 1. The number of carbonyl (C=O) groups excluding carboxylic acids is 2. The number of hydrogen-bond donors (Lipinski definition) is 1. The lowest BCUT2D eigenvalue weighted by atomic mass is 10.0. The topological polar surface area (TPSA) is 55.4 Å². The van der Waals surface area contributed by atoms with Gasteiger partial charge in [-0.2, -0.15) is 0 Å². The van der Waals surface area contributed by atoms with Crippen molar-refractivity contribution in [2.24, 2.45) is 0 Å². The van der Waals surface area contributed by atoms with Gasteiger partial charge in [-0.05, 0) is 48.9 Å². The molecule has 0 bridgehead atoms. The van der Waals surface area contributed by atoms with Gasteiger partial charge in [0.05, 0.1) is 6.61 Å². The van der Waals surface area contributed by atoms with Gasteiger partial charge in [-0.1, -0.05) is 39.7 Å². The maximum absolute atomic E-state index is 12.6. The van der Waals surface area contributed by atoms with E-state index in [1.54, 1.807) is 31.2 Å². The molecule has 0 spiro atoms. The third kappa shape index (κ3) is 4.58. The fraction of sp³-hybridized carbons (Fsp3) is 0.100. The first kappa shape index (κ1) is 19.6. The second kappa shape index (κ2) is 8.69. The van der Waals surface area contributed by atoms with E-state index >= 15 is 0 Å². The molecule has 138 valence electrons. The molecule has 4 nitrogen and oxygen atoms in total. The quantitative estimate of drug-likeness (QED) is 0.453. The Balaban J connectivity index is 1.97. The molecule has 0 atom stereocenters. The molecule has 0 saturated heterocycles. The Morgan fingerprint density at radius 3 is 2.41 bits per heavy atom. The van der Waals surface area contributed by atoms with Gasteiger partial charge in [0.25, 0.3) is 5.91 Å². The van der Waals surface area contributed by atoms with Gasteiger partial charge in [0.2, 0.25) is 0 Å². The molecule has 2 aromatic carbocycles. The van der Waals surface area contributed by atoms with Crippen molar-refractivity contribution in [1.29, 1.82) is 0 Å². The molecule has 0 saturated carbocycles.